The van der Waals surface area contributed by atoms with Gasteiger partial charge in [0.15, 0.2) is 8.32 Å². The largest absolute Gasteiger partial charge is 0.464 e. The van der Waals surface area contributed by atoms with Crippen LogP contribution in [0.1, 0.15) is 68.7 Å². The second kappa shape index (κ2) is 10.8. The molecule has 0 bridgehead atoms. The van der Waals surface area contributed by atoms with Crippen LogP contribution in [0.15, 0.2) is 11.8 Å². The number of ether oxygens (including phenoxy) is 3. The molecule has 34 heavy (non-hydrogen) atoms. The van der Waals surface area contributed by atoms with Crippen molar-refractivity contribution in [3.63, 3.8) is 0 Å². The molecule has 0 aromatic rings. The van der Waals surface area contributed by atoms with Crippen molar-refractivity contribution in [2.24, 2.45) is 0 Å². The quantitative estimate of drug-likeness (QED) is 0.315. The van der Waals surface area contributed by atoms with Gasteiger partial charge in [-0.15, -0.1) is 0 Å². The first-order valence-corrected chi connectivity index (χ1v) is 14.5. The predicted molar refractivity (Wildman–Crippen MR) is 132 cm³/mol. The highest BCUT2D eigenvalue weighted by atomic mass is 28.4. The predicted octanol–water partition coefficient (Wildman–Crippen LogP) is 4.33. The lowest BCUT2D eigenvalue weighted by Crippen LogP contribution is -2.56. The fourth-order valence-corrected chi connectivity index (χ4v) is 4.69. The van der Waals surface area contributed by atoms with Crippen LogP contribution in [0.2, 0.25) is 18.1 Å². The van der Waals surface area contributed by atoms with Gasteiger partial charge in [0.25, 0.3) is 0 Å². The second-order valence-electron chi connectivity index (χ2n) is 11.6. The zero-order chi connectivity index (χ0) is 26.7. The van der Waals surface area contributed by atoms with Gasteiger partial charge in [0, 0.05) is 6.92 Å². The topological polar surface area (TPSA) is 103 Å². The number of amides is 2. The number of carbonyl (C=O) groups excluding carboxylic acids is 3. The SMILES string of the molecule is COC(=O)/C(=C/C[C@@H](O[Si](C)(C)C(C)(C)C)[C@H]1COC(C)(C)N1C(=O)OC(C)(C)C)NC(C)=O. The first kappa shape index (κ1) is 30.1. The maximum absolute atomic E-state index is 13.2. The molecule has 1 rings (SSSR count). The van der Waals surface area contributed by atoms with E-state index in [9.17, 15) is 14.4 Å². The maximum Gasteiger partial charge on any atom is 0.412 e. The van der Waals surface area contributed by atoms with Crippen LogP contribution in [0.25, 0.3) is 0 Å². The van der Waals surface area contributed by atoms with Gasteiger partial charge in [-0.3, -0.25) is 9.69 Å². The van der Waals surface area contributed by atoms with Crippen molar-refractivity contribution in [3.05, 3.63) is 11.8 Å². The van der Waals surface area contributed by atoms with E-state index in [0.29, 0.717) is 0 Å². The Morgan fingerprint density at radius 3 is 2.18 bits per heavy atom. The van der Waals surface area contributed by atoms with Gasteiger partial charge in [-0.2, -0.15) is 0 Å². The zero-order valence-electron chi connectivity index (χ0n) is 23.0. The number of hydrogen-bond donors (Lipinski definition) is 1. The van der Waals surface area contributed by atoms with Crippen LogP contribution in [0.5, 0.6) is 0 Å². The number of hydrogen-bond acceptors (Lipinski definition) is 7. The van der Waals surface area contributed by atoms with Crippen molar-refractivity contribution in [3.8, 4) is 0 Å². The fraction of sp³-hybridized carbons (Fsp3) is 0.792. The number of nitrogens with zero attached hydrogens (tertiary/aromatic N) is 1. The molecular formula is C24H44N2O7Si. The van der Waals surface area contributed by atoms with Gasteiger partial charge in [-0.1, -0.05) is 26.8 Å². The molecule has 0 saturated carbocycles. The summed E-state index contributed by atoms with van der Waals surface area (Å²) in [5.74, 6) is -1.05. The van der Waals surface area contributed by atoms with Crippen LogP contribution in [0.4, 0.5) is 4.79 Å². The highest BCUT2D eigenvalue weighted by Gasteiger charge is 2.51. The minimum absolute atomic E-state index is 0.0285. The minimum Gasteiger partial charge on any atom is -0.464 e. The zero-order valence-corrected chi connectivity index (χ0v) is 24.0. The highest BCUT2D eigenvalue weighted by Crippen LogP contribution is 2.40. The van der Waals surface area contributed by atoms with E-state index >= 15 is 0 Å². The molecule has 0 spiro atoms. The molecule has 2 amide bonds. The molecule has 0 unspecified atom stereocenters. The first-order valence-electron chi connectivity index (χ1n) is 11.6. The van der Waals surface area contributed by atoms with Crippen LogP contribution in [0.3, 0.4) is 0 Å². The second-order valence-corrected chi connectivity index (χ2v) is 16.4. The summed E-state index contributed by atoms with van der Waals surface area (Å²) in [7, 11) is -1.05. The molecule has 10 heteroatoms. The van der Waals surface area contributed by atoms with Crippen LogP contribution in [-0.2, 0) is 28.2 Å². The molecule has 0 aromatic heterocycles. The van der Waals surface area contributed by atoms with E-state index in [-0.39, 0.29) is 29.7 Å². The van der Waals surface area contributed by atoms with Gasteiger partial charge in [-0.05, 0) is 59.2 Å². The Balaban J connectivity index is 3.45. The van der Waals surface area contributed by atoms with E-state index in [1.54, 1.807) is 11.0 Å². The molecular weight excluding hydrogens is 456 g/mol. The van der Waals surface area contributed by atoms with Gasteiger partial charge < -0.3 is 24.0 Å². The lowest BCUT2D eigenvalue weighted by atomic mass is 10.1. The Morgan fingerprint density at radius 2 is 1.74 bits per heavy atom. The van der Waals surface area contributed by atoms with Crippen molar-refractivity contribution < 1.29 is 33.0 Å². The first-order chi connectivity index (χ1) is 15.2. The Bertz CT molecular complexity index is 794. The molecule has 1 aliphatic rings. The van der Waals surface area contributed by atoms with E-state index in [2.05, 4.69) is 39.2 Å². The molecule has 196 valence electrons. The number of nitrogens with one attached hydrogen (secondary N) is 1. The Labute approximate surface area is 205 Å². The molecule has 1 fully saturated rings. The summed E-state index contributed by atoms with van der Waals surface area (Å²) in [5.41, 5.74) is -1.56. The van der Waals surface area contributed by atoms with Gasteiger partial charge in [0.2, 0.25) is 5.91 Å². The molecule has 2 atom stereocenters. The lowest BCUT2D eigenvalue weighted by molar-refractivity contribution is -0.137. The third-order valence-electron chi connectivity index (χ3n) is 6.06. The van der Waals surface area contributed by atoms with Gasteiger partial charge >= 0.3 is 12.1 Å². The minimum atomic E-state index is -2.30. The molecule has 1 heterocycles. The Kier molecular flexibility index (Phi) is 9.55. The van der Waals surface area contributed by atoms with E-state index in [1.807, 2.05) is 34.6 Å². The van der Waals surface area contributed by atoms with Crippen LogP contribution in [-0.4, -0.2) is 68.4 Å². The molecule has 1 saturated heterocycles. The average Bonchev–Trinajstić information content (AvgIpc) is 2.95. The smallest absolute Gasteiger partial charge is 0.412 e. The Morgan fingerprint density at radius 1 is 1.18 bits per heavy atom. The van der Waals surface area contributed by atoms with Crippen molar-refractivity contribution in [1.29, 1.82) is 0 Å². The molecule has 0 aliphatic carbocycles. The van der Waals surface area contributed by atoms with Gasteiger partial charge in [0.1, 0.15) is 17.0 Å². The number of esters is 1. The number of rotatable bonds is 7. The molecule has 0 radical (unpaired) electrons. The van der Waals surface area contributed by atoms with Crippen LogP contribution in [0, 0.1) is 0 Å². The standard InChI is InChI=1S/C24H44N2O7Si/c1-16(27)25-17(20(28)30-10)13-14-19(33-34(11,12)23(5,6)7)18-15-31-24(8,9)26(18)21(29)32-22(2,3)4/h13,18-19H,14-15H2,1-12H3,(H,25,27)/b17-13-/t18-,19-/m1/s1. The number of methoxy groups -OCH3 is 1. The molecule has 1 N–H and O–H groups in total. The van der Waals surface area contributed by atoms with Crippen LogP contribution < -0.4 is 5.32 Å². The highest BCUT2D eigenvalue weighted by molar-refractivity contribution is 6.74. The van der Waals surface area contributed by atoms with Crippen molar-refractivity contribution in [1.82, 2.24) is 10.2 Å². The summed E-state index contributed by atoms with van der Waals surface area (Å²) >= 11 is 0. The van der Waals surface area contributed by atoms with E-state index in [0.717, 1.165) is 0 Å². The van der Waals surface area contributed by atoms with Gasteiger partial charge in [-0.25, -0.2) is 9.59 Å². The van der Waals surface area contributed by atoms with Crippen molar-refractivity contribution in [2.45, 2.75) is 110 Å². The average molecular weight is 501 g/mol. The summed E-state index contributed by atoms with van der Waals surface area (Å²) in [6.45, 7) is 21.3. The summed E-state index contributed by atoms with van der Waals surface area (Å²) in [5, 5.41) is 2.42. The lowest BCUT2D eigenvalue weighted by Gasteiger charge is -2.43. The Hall–Kier alpha value is -1.91. The van der Waals surface area contributed by atoms with Gasteiger partial charge in [0.05, 0.1) is 25.9 Å². The monoisotopic (exact) mass is 500 g/mol. The maximum atomic E-state index is 13.2. The van der Waals surface area contributed by atoms with Crippen molar-refractivity contribution >= 4 is 26.3 Å². The summed E-state index contributed by atoms with van der Waals surface area (Å²) in [6.07, 6.45) is 0.830. The van der Waals surface area contributed by atoms with Crippen LogP contribution >= 0.6 is 0 Å². The molecule has 1 aliphatic heterocycles. The van der Waals surface area contributed by atoms with E-state index in [1.165, 1.54) is 14.0 Å². The fourth-order valence-electron chi connectivity index (χ4n) is 3.33. The van der Waals surface area contributed by atoms with Crippen molar-refractivity contribution in [2.75, 3.05) is 13.7 Å². The van der Waals surface area contributed by atoms with E-state index in [4.69, 9.17) is 18.6 Å². The number of carbonyl (C=O) groups is 3. The summed E-state index contributed by atoms with van der Waals surface area (Å²) in [4.78, 5) is 38.6. The summed E-state index contributed by atoms with van der Waals surface area (Å²) in [6, 6.07) is -0.466. The third-order valence-corrected chi connectivity index (χ3v) is 10.6. The normalized spacial score (nSPS) is 20.1. The third kappa shape index (κ3) is 8.09. The molecule has 0 aromatic carbocycles. The molecule has 9 nitrogen and oxygen atoms in total. The van der Waals surface area contributed by atoms with E-state index < -0.39 is 43.9 Å². The summed E-state index contributed by atoms with van der Waals surface area (Å²) < 4.78 is 23.3.